The molecule has 4 rings (SSSR count). The van der Waals surface area contributed by atoms with E-state index in [0.717, 1.165) is 44.5 Å². The van der Waals surface area contributed by atoms with Crippen LogP contribution in [0.1, 0.15) is 32.3 Å². The molecule has 6 nitrogen and oxygen atoms in total. The highest BCUT2D eigenvalue weighted by Gasteiger charge is 2.09. The molecule has 0 spiro atoms. The first-order chi connectivity index (χ1) is 14.5. The van der Waals surface area contributed by atoms with Gasteiger partial charge >= 0.3 is 0 Å². The molecule has 0 amide bonds. The number of nitrogens with zero attached hydrogens (tertiary/aromatic N) is 4. The SMILES string of the molecule is Cc1ccc(Nc2nnc(CCc3nnc(Nc4ccc(C)c(C)c4)s3)s2)cc1C. The van der Waals surface area contributed by atoms with Crippen molar-refractivity contribution in [2.75, 3.05) is 10.6 Å². The standard InChI is InChI=1S/C22H24N6S2/c1-13-5-7-17(11-15(13)3)23-21-27-25-19(29-21)9-10-20-26-28-22(30-20)24-18-8-6-14(2)16(4)12-18/h5-8,11-12H,9-10H2,1-4H3,(H,23,27)(H,24,28). The highest BCUT2D eigenvalue weighted by molar-refractivity contribution is 7.15. The van der Waals surface area contributed by atoms with Gasteiger partial charge in [-0.2, -0.15) is 0 Å². The van der Waals surface area contributed by atoms with Crippen LogP contribution in [0.3, 0.4) is 0 Å². The molecule has 8 heteroatoms. The van der Waals surface area contributed by atoms with Crippen molar-refractivity contribution < 1.29 is 0 Å². The highest BCUT2D eigenvalue weighted by Crippen LogP contribution is 2.26. The summed E-state index contributed by atoms with van der Waals surface area (Å²) in [5, 5.41) is 27.4. The van der Waals surface area contributed by atoms with E-state index in [1.165, 1.54) is 22.3 Å². The summed E-state index contributed by atoms with van der Waals surface area (Å²) in [7, 11) is 0. The van der Waals surface area contributed by atoms with E-state index in [1.807, 2.05) is 0 Å². The maximum atomic E-state index is 4.31. The van der Waals surface area contributed by atoms with Gasteiger partial charge < -0.3 is 10.6 Å². The van der Waals surface area contributed by atoms with Crippen LogP contribution in [-0.4, -0.2) is 20.4 Å². The van der Waals surface area contributed by atoms with Gasteiger partial charge in [0.05, 0.1) is 0 Å². The molecule has 2 heterocycles. The van der Waals surface area contributed by atoms with Gasteiger partial charge in [0.1, 0.15) is 10.0 Å². The fourth-order valence-electron chi connectivity index (χ4n) is 2.91. The number of anilines is 4. The molecule has 2 aromatic carbocycles. The van der Waals surface area contributed by atoms with Gasteiger partial charge in [-0.25, -0.2) is 0 Å². The predicted molar refractivity (Wildman–Crippen MR) is 126 cm³/mol. The molecule has 0 fully saturated rings. The summed E-state index contributed by atoms with van der Waals surface area (Å²) in [6.07, 6.45) is 1.59. The van der Waals surface area contributed by atoms with Crippen LogP contribution in [0.5, 0.6) is 0 Å². The largest absolute Gasteiger partial charge is 0.330 e. The molecule has 0 saturated heterocycles. The lowest BCUT2D eigenvalue weighted by Gasteiger charge is -2.05. The summed E-state index contributed by atoms with van der Waals surface area (Å²) in [4.78, 5) is 0. The van der Waals surface area contributed by atoms with E-state index in [4.69, 9.17) is 0 Å². The molecular weight excluding hydrogens is 412 g/mol. The lowest BCUT2D eigenvalue weighted by molar-refractivity contribution is 0.875. The number of aryl methyl sites for hydroxylation is 6. The number of rotatable bonds is 7. The van der Waals surface area contributed by atoms with E-state index in [2.05, 4.69) is 95.1 Å². The molecule has 0 atom stereocenters. The van der Waals surface area contributed by atoms with Crippen molar-refractivity contribution in [1.29, 1.82) is 0 Å². The highest BCUT2D eigenvalue weighted by atomic mass is 32.1. The van der Waals surface area contributed by atoms with Gasteiger partial charge in [-0.05, 0) is 74.2 Å². The Kier molecular flexibility index (Phi) is 6.06. The van der Waals surface area contributed by atoms with Gasteiger partial charge in [-0.3, -0.25) is 0 Å². The Morgan fingerprint density at radius 2 is 1.03 bits per heavy atom. The van der Waals surface area contributed by atoms with Crippen molar-refractivity contribution in [2.24, 2.45) is 0 Å². The Morgan fingerprint density at radius 3 is 1.43 bits per heavy atom. The van der Waals surface area contributed by atoms with Crippen molar-refractivity contribution in [3.05, 3.63) is 68.7 Å². The Hall–Kier alpha value is -2.84. The second-order valence-electron chi connectivity index (χ2n) is 7.35. The van der Waals surface area contributed by atoms with Crippen molar-refractivity contribution in [3.63, 3.8) is 0 Å². The van der Waals surface area contributed by atoms with Gasteiger partial charge in [0.15, 0.2) is 0 Å². The van der Waals surface area contributed by atoms with Crippen LogP contribution >= 0.6 is 22.7 Å². The lowest BCUT2D eigenvalue weighted by Crippen LogP contribution is -1.91. The Bertz CT molecular complexity index is 1070. The lowest BCUT2D eigenvalue weighted by atomic mass is 10.1. The monoisotopic (exact) mass is 436 g/mol. The smallest absolute Gasteiger partial charge is 0.210 e. The topological polar surface area (TPSA) is 75.6 Å². The molecule has 30 heavy (non-hydrogen) atoms. The number of hydrogen-bond donors (Lipinski definition) is 2. The van der Waals surface area contributed by atoms with Gasteiger partial charge in [-0.15, -0.1) is 20.4 Å². The molecular formula is C22H24N6S2. The Labute approximate surface area is 184 Å². The number of hydrogen-bond acceptors (Lipinski definition) is 8. The summed E-state index contributed by atoms with van der Waals surface area (Å²) >= 11 is 3.15. The Morgan fingerprint density at radius 1 is 0.600 bits per heavy atom. The third-order valence-electron chi connectivity index (χ3n) is 5.00. The maximum absolute atomic E-state index is 4.31. The van der Waals surface area contributed by atoms with Gasteiger partial charge in [0, 0.05) is 24.2 Å². The molecule has 154 valence electrons. The van der Waals surface area contributed by atoms with Crippen LogP contribution in [-0.2, 0) is 12.8 Å². The molecule has 0 unspecified atom stereocenters. The quantitative estimate of drug-likeness (QED) is 0.376. The molecule has 4 aromatic rings. The maximum Gasteiger partial charge on any atom is 0.210 e. The molecule has 0 aliphatic carbocycles. The van der Waals surface area contributed by atoms with Crippen LogP contribution < -0.4 is 10.6 Å². The van der Waals surface area contributed by atoms with Crippen LogP contribution in [0.15, 0.2) is 36.4 Å². The summed E-state index contributed by atoms with van der Waals surface area (Å²) in [5.41, 5.74) is 7.14. The van der Waals surface area contributed by atoms with E-state index in [-0.39, 0.29) is 0 Å². The summed E-state index contributed by atoms with van der Waals surface area (Å²) in [6.45, 7) is 8.44. The predicted octanol–water partition coefficient (Wildman–Crippen LogP) is 5.90. The van der Waals surface area contributed by atoms with E-state index in [0.29, 0.717) is 0 Å². The van der Waals surface area contributed by atoms with Crippen molar-refractivity contribution in [2.45, 2.75) is 40.5 Å². The van der Waals surface area contributed by atoms with Crippen LogP contribution in [0.4, 0.5) is 21.6 Å². The van der Waals surface area contributed by atoms with Crippen molar-refractivity contribution in [3.8, 4) is 0 Å². The number of benzene rings is 2. The first kappa shape index (κ1) is 20.4. The molecule has 0 radical (unpaired) electrons. The first-order valence-electron chi connectivity index (χ1n) is 9.79. The zero-order valence-corrected chi connectivity index (χ0v) is 19.1. The third kappa shape index (κ3) is 5.01. The average molecular weight is 437 g/mol. The average Bonchev–Trinajstić information content (AvgIpc) is 3.35. The van der Waals surface area contributed by atoms with E-state index in [1.54, 1.807) is 22.7 Å². The molecule has 0 aliphatic heterocycles. The minimum atomic E-state index is 0.796. The molecule has 2 aromatic heterocycles. The second-order valence-corrected chi connectivity index (χ2v) is 9.47. The minimum Gasteiger partial charge on any atom is -0.330 e. The van der Waals surface area contributed by atoms with Crippen molar-refractivity contribution >= 4 is 44.3 Å². The number of aromatic nitrogens is 4. The van der Waals surface area contributed by atoms with E-state index >= 15 is 0 Å². The van der Waals surface area contributed by atoms with Gasteiger partial charge in [-0.1, -0.05) is 34.8 Å². The zero-order valence-electron chi connectivity index (χ0n) is 17.5. The Balaban J connectivity index is 1.33. The van der Waals surface area contributed by atoms with Crippen LogP contribution in [0, 0.1) is 27.7 Å². The van der Waals surface area contributed by atoms with Gasteiger partial charge in [0.25, 0.3) is 0 Å². The molecule has 0 bridgehead atoms. The molecule has 0 saturated carbocycles. The normalized spacial score (nSPS) is 10.9. The van der Waals surface area contributed by atoms with E-state index in [9.17, 15) is 0 Å². The third-order valence-corrected chi connectivity index (χ3v) is 6.80. The van der Waals surface area contributed by atoms with E-state index < -0.39 is 0 Å². The molecule has 2 N–H and O–H groups in total. The minimum absolute atomic E-state index is 0.796. The zero-order chi connectivity index (χ0) is 21.1. The fraction of sp³-hybridized carbons (Fsp3) is 0.273. The number of nitrogens with one attached hydrogen (secondary N) is 2. The summed E-state index contributed by atoms with van der Waals surface area (Å²) in [5.74, 6) is 0. The summed E-state index contributed by atoms with van der Waals surface area (Å²) < 4.78 is 0. The fourth-order valence-corrected chi connectivity index (χ4v) is 4.43. The summed E-state index contributed by atoms with van der Waals surface area (Å²) in [6, 6.07) is 12.6. The van der Waals surface area contributed by atoms with Gasteiger partial charge in [0.2, 0.25) is 10.3 Å². The van der Waals surface area contributed by atoms with Crippen molar-refractivity contribution in [1.82, 2.24) is 20.4 Å². The van der Waals surface area contributed by atoms with Crippen LogP contribution in [0.25, 0.3) is 0 Å². The molecule has 0 aliphatic rings. The first-order valence-corrected chi connectivity index (χ1v) is 11.4. The second kappa shape index (κ2) is 8.89. The van der Waals surface area contributed by atoms with Crippen LogP contribution in [0.2, 0.25) is 0 Å².